The van der Waals surface area contributed by atoms with Crippen molar-refractivity contribution in [1.29, 1.82) is 0 Å². The topological polar surface area (TPSA) is 19.4 Å². The first-order chi connectivity index (χ1) is 9.70. The fourth-order valence-electron chi connectivity index (χ4n) is 2.94. The molecule has 1 saturated heterocycles. The average molecular weight is 296 g/mol. The van der Waals surface area contributed by atoms with Crippen LogP contribution in [-0.4, -0.2) is 43.1 Å². The lowest BCUT2D eigenvalue weighted by Gasteiger charge is -2.35. The van der Waals surface area contributed by atoms with E-state index in [-0.39, 0.29) is 0 Å². The maximum Gasteiger partial charge on any atom is 0.0822 e. The largest absolute Gasteiger partial charge is 0.370 e. The molecule has 2 rings (SSSR count). The maximum absolute atomic E-state index is 6.22. The third-order valence-corrected chi connectivity index (χ3v) is 4.46. The number of unbranched alkanes of at least 4 members (excludes halogenated alkanes) is 1. The van der Waals surface area contributed by atoms with Gasteiger partial charge in [0.2, 0.25) is 0 Å². The Balaban J connectivity index is 1.79. The number of piperidine rings is 1. The van der Waals surface area contributed by atoms with Gasteiger partial charge in [0, 0.05) is 32.0 Å². The number of nitrogens with zero attached hydrogens (tertiary/aromatic N) is 3. The third kappa shape index (κ3) is 4.35. The Morgan fingerprint density at radius 1 is 1.40 bits per heavy atom. The smallest absolute Gasteiger partial charge is 0.0822 e. The van der Waals surface area contributed by atoms with Crippen LogP contribution >= 0.6 is 11.6 Å². The van der Waals surface area contributed by atoms with Crippen molar-refractivity contribution in [3.8, 4) is 0 Å². The van der Waals surface area contributed by atoms with E-state index in [2.05, 4.69) is 28.8 Å². The van der Waals surface area contributed by atoms with Crippen molar-refractivity contribution in [1.82, 2.24) is 9.88 Å². The van der Waals surface area contributed by atoms with E-state index in [0.29, 0.717) is 0 Å². The summed E-state index contributed by atoms with van der Waals surface area (Å²) < 4.78 is 0. The van der Waals surface area contributed by atoms with Gasteiger partial charge in [-0.1, -0.05) is 24.9 Å². The van der Waals surface area contributed by atoms with Crippen LogP contribution in [-0.2, 0) is 0 Å². The van der Waals surface area contributed by atoms with Crippen LogP contribution in [0, 0.1) is 5.92 Å². The first-order valence-corrected chi connectivity index (χ1v) is 8.11. The third-order valence-electron chi connectivity index (χ3n) is 4.17. The second kappa shape index (κ2) is 7.84. The van der Waals surface area contributed by atoms with Gasteiger partial charge in [-0.15, -0.1) is 0 Å². The highest BCUT2D eigenvalue weighted by Crippen LogP contribution is 2.28. The Hall–Kier alpha value is -0.800. The van der Waals surface area contributed by atoms with Crippen molar-refractivity contribution < 1.29 is 0 Å². The molecule has 0 amide bonds. The van der Waals surface area contributed by atoms with E-state index in [1.165, 1.54) is 38.8 Å². The van der Waals surface area contributed by atoms with Crippen molar-refractivity contribution in [2.24, 2.45) is 5.92 Å². The second-order valence-electron chi connectivity index (χ2n) is 5.87. The lowest BCUT2D eigenvalue weighted by molar-refractivity contribution is 0.246. The minimum Gasteiger partial charge on any atom is -0.370 e. The fourth-order valence-corrected chi connectivity index (χ4v) is 3.18. The average Bonchev–Trinajstić information content (AvgIpc) is 2.47. The van der Waals surface area contributed by atoms with Crippen molar-refractivity contribution in [3.05, 3.63) is 23.5 Å². The van der Waals surface area contributed by atoms with Crippen molar-refractivity contribution in [2.45, 2.75) is 32.6 Å². The molecule has 3 nitrogen and oxygen atoms in total. The van der Waals surface area contributed by atoms with Crippen molar-refractivity contribution in [2.75, 3.05) is 38.1 Å². The van der Waals surface area contributed by atoms with Crippen LogP contribution in [0.5, 0.6) is 0 Å². The van der Waals surface area contributed by atoms with Crippen LogP contribution in [0.4, 0.5) is 5.69 Å². The molecular formula is C16H26ClN3. The molecule has 0 unspecified atom stereocenters. The molecule has 0 N–H and O–H groups in total. The molecule has 1 fully saturated rings. The van der Waals surface area contributed by atoms with Gasteiger partial charge in [-0.3, -0.25) is 4.98 Å². The summed E-state index contributed by atoms with van der Waals surface area (Å²) >= 11 is 6.22. The zero-order valence-electron chi connectivity index (χ0n) is 12.7. The van der Waals surface area contributed by atoms with Crippen molar-refractivity contribution in [3.63, 3.8) is 0 Å². The van der Waals surface area contributed by atoms with E-state index in [1.54, 1.807) is 6.20 Å². The minimum absolute atomic E-state index is 0.769. The summed E-state index contributed by atoms with van der Waals surface area (Å²) in [7, 11) is 2.25. The number of hydrogen-bond donors (Lipinski definition) is 0. The highest BCUT2D eigenvalue weighted by atomic mass is 35.5. The molecule has 112 valence electrons. The number of rotatable bonds is 6. The normalized spacial score (nSPS) is 16.9. The van der Waals surface area contributed by atoms with Crippen LogP contribution in [0.15, 0.2) is 18.5 Å². The minimum atomic E-state index is 0.769. The zero-order valence-corrected chi connectivity index (χ0v) is 13.4. The second-order valence-corrected chi connectivity index (χ2v) is 6.28. The molecule has 0 spiro atoms. The summed E-state index contributed by atoms with van der Waals surface area (Å²) in [5, 5.41) is 0.769. The fraction of sp³-hybridized carbons (Fsp3) is 0.688. The Morgan fingerprint density at radius 3 is 2.80 bits per heavy atom. The molecule has 2 heterocycles. The Morgan fingerprint density at radius 2 is 2.15 bits per heavy atom. The van der Waals surface area contributed by atoms with Gasteiger partial charge >= 0.3 is 0 Å². The Bertz CT molecular complexity index is 402. The van der Waals surface area contributed by atoms with Crippen molar-refractivity contribution >= 4 is 17.3 Å². The van der Waals surface area contributed by atoms with Crippen LogP contribution in [0.3, 0.4) is 0 Å². The predicted octanol–water partition coefficient (Wildman–Crippen LogP) is 3.68. The molecule has 0 radical (unpaired) electrons. The molecule has 0 aliphatic carbocycles. The molecule has 4 heteroatoms. The van der Waals surface area contributed by atoms with Crippen LogP contribution in [0.2, 0.25) is 5.02 Å². The van der Waals surface area contributed by atoms with Gasteiger partial charge in [0.15, 0.2) is 0 Å². The molecule has 1 aliphatic rings. The van der Waals surface area contributed by atoms with Gasteiger partial charge in [0.1, 0.15) is 0 Å². The van der Waals surface area contributed by atoms with E-state index in [0.717, 1.165) is 29.7 Å². The first kappa shape index (κ1) is 15.6. The molecule has 1 aliphatic heterocycles. The number of halogens is 1. The van der Waals surface area contributed by atoms with Gasteiger partial charge in [0.05, 0.1) is 10.7 Å². The van der Waals surface area contributed by atoms with Gasteiger partial charge in [-0.25, -0.2) is 0 Å². The lowest BCUT2D eigenvalue weighted by Crippen LogP contribution is -2.38. The quantitative estimate of drug-likeness (QED) is 0.798. The Labute approximate surface area is 127 Å². The number of pyridine rings is 1. The molecule has 1 aromatic heterocycles. The monoisotopic (exact) mass is 295 g/mol. The molecule has 0 saturated carbocycles. The summed E-state index contributed by atoms with van der Waals surface area (Å²) in [4.78, 5) is 8.94. The van der Waals surface area contributed by atoms with E-state index >= 15 is 0 Å². The summed E-state index contributed by atoms with van der Waals surface area (Å²) in [6, 6.07) is 2.02. The highest BCUT2D eigenvalue weighted by molar-refractivity contribution is 6.33. The standard InChI is InChI=1S/C16H26ClN3/c1-3-4-9-19(2)13-14-6-10-20(11-7-14)16-5-8-18-12-15(16)17/h5,8,12,14H,3-4,6-7,9-11,13H2,1-2H3. The van der Waals surface area contributed by atoms with E-state index < -0.39 is 0 Å². The lowest BCUT2D eigenvalue weighted by atomic mass is 9.96. The van der Waals surface area contributed by atoms with Gasteiger partial charge < -0.3 is 9.80 Å². The molecule has 0 atom stereocenters. The molecule has 20 heavy (non-hydrogen) atoms. The Kier molecular flexibility index (Phi) is 6.11. The summed E-state index contributed by atoms with van der Waals surface area (Å²) in [6.45, 7) is 6.93. The molecule has 0 bridgehead atoms. The van der Waals surface area contributed by atoms with Crippen LogP contribution < -0.4 is 4.90 Å². The van der Waals surface area contributed by atoms with Gasteiger partial charge in [0.25, 0.3) is 0 Å². The van der Waals surface area contributed by atoms with E-state index in [1.807, 2.05) is 12.3 Å². The van der Waals surface area contributed by atoms with E-state index in [9.17, 15) is 0 Å². The van der Waals surface area contributed by atoms with Crippen LogP contribution in [0.25, 0.3) is 0 Å². The SMILES string of the molecule is CCCCN(C)CC1CCN(c2ccncc2Cl)CC1. The molecule has 0 aromatic carbocycles. The van der Waals surface area contributed by atoms with Crippen LogP contribution in [0.1, 0.15) is 32.6 Å². The summed E-state index contributed by atoms with van der Waals surface area (Å²) in [6.07, 6.45) is 8.67. The van der Waals surface area contributed by atoms with Gasteiger partial charge in [-0.2, -0.15) is 0 Å². The highest BCUT2D eigenvalue weighted by Gasteiger charge is 2.21. The molecule has 1 aromatic rings. The summed E-state index contributed by atoms with van der Waals surface area (Å²) in [5.74, 6) is 0.828. The zero-order chi connectivity index (χ0) is 14.4. The predicted molar refractivity (Wildman–Crippen MR) is 86.6 cm³/mol. The number of aromatic nitrogens is 1. The first-order valence-electron chi connectivity index (χ1n) is 7.73. The summed E-state index contributed by atoms with van der Waals surface area (Å²) in [5.41, 5.74) is 1.14. The molecular weight excluding hydrogens is 270 g/mol. The van der Waals surface area contributed by atoms with Gasteiger partial charge in [-0.05, 0) is 44.8 Å². The van der Waals surface area contributed by atoms with E-state index in [4.69, 9.17) is 11.6 Å². The maximum atomic E-state index is 6.22. The number of hydrogen-bond acceptors (Lipinski definition) is 3. The number of anilines is 1.